The fourth-order valence-electron chi connectivity index (χ4n) is 1.96. The molecular formula is C16H18BrNO2S. The van der Waals surface area contributed by atoms with Crippen molar-refractivity contribution < 1.29 is 9.47 Å². The summed E-state index contributed by atoms with van der Waals surface area (Å²) in [4.78, 5) is 1.18. The number of methoxy groups -OCH3 is 2. The van der Waals surface area contributed by atoms with Crippen molar-refractivity contribution >= 4 is 33.4 Å². The number of rotatable bonds is 5. The Morgan fingerprint density at radius 3 is 2.48 bits per heavy atom. The molecule has 0 radical (unpaired) electrons. The average Bonchev–Trinajstić information content (AvgIpc) is 2.48. The zero-order valence-corrected chi connectivity index (χ0v) is 14.7. The van der Waals surface area contributed by atoms with Crippen molar-refractivity contribution in [2.45, 2.75) is 17.6 Å². The molecule has 112 valence electrons. The van der Waals surface area contributed by atoms with Gasteiger partial charge in [0.05, 0.1) is 18.7 Å². The van der Waals surface area contributed by atoms with Gasteiger partial charge >= 0.3 is 0 Å². The molecule has 0 saturated carbocycles. The van der Waals surface area contributed by atoms with E-state index in [0.717, 1.165) is 33.0 Å². The quantitative estimate of drug-likeness (QED) is 0.616. The molecule has 0 unspecified atom stereocenters. The van der Waals surface area contributed by atoms with Crippen LogP contribution in [0.25, 0.3) is 0 Å². The number of ether oxygens (including phenoxy) is 2. The van der Waals surface area contributed by atoms with Crippen LogP contribution in [0, 0.1) is 6.92 Å². The summed E-state index contributed by atoms with van der Waals surface area (Å²) in [5.41, 5.74) is 8.94. The first-order chi connectivity index (χ1) is 10.0. The lowest BCUT2D eigenvalue weighted by Crippen LogP contribution is -1.94. The highest BCUT2D eigenvalue weighted by atomic mass is 79.9. The highest BCUT2D eigenvalue weighted by Gasteiger charge is 2.11. The minimum atomic E-state index is 0.781. The lowest BCUT2D eigenvalue weighted by molar-refractivity contribution is 0.398. The number of hydrogen-bond acceptors (Lipinski definition) is 4. The third-order valence-corrected chi connectivity index (χ3v) is 4.98. The van der Waals surface area contributed by atoms with Gasteiger partial charge in [-0.15, -0.1) is 11.8 Å². The van der Waals surface area contributed by atoms with Crippen molar-refractivity contribution in [1.82, 2.24) is 0 Å². The van der Waals surface area contributed by atoms with Crippen molar-refractivity contribution in [3.8, 4) is 11.5 Å². The third-order valence-electron chi connectivity index (χ3n) is 3.15. The Kier molecular flexibility index (Phi) is 5.42. The van der Waals surface area contributed by atoms with Crippen LogP contribution in [0.15, 0.2) is 39.7 Å². The molecule has 0 bridgehead atoms. The number of aryl methyl sites for hydroxylation is 1. The van der Waals surface area contributed by atoms with Gasteiger partial charge < -0.3 is 15.2 Å². The monoisotopic (exact) mass is 367 g/mol. The summed E-state index contributed by atoms with van der Waals surface area (Å²) in [7, 11) is 3.33. The first-order valence-corrected chi connectivity index (χ1v) is 8.22. The largest absolute Gasteiger partial charge is 0.496 e. The number of benzene rings is 2. The summed E-state index contributed by atoms with van der Waals surface area (Å²) >= 11 is 5.21. The molecule has 0 aliphatic carbocycles. The van der Waals surface area contributed by atoms with Crippen molar-refractivity contribution in [2.75, 3.05) is 20.0 Å². The maximum Gasteiger partial charge on any atom is 0.133 e. The van der Waals surface area contributed by atoms with E-state index >= 15 is 0 Å². The molecule has 0 aromatic heterocycles. The second-order valence-corrected chi connectivity index (χ2v) is 6.48. The first kappa shape index (κ1) is 16.0. The Morgan fingerprint density at radius 1 is 1.10 bits per heavy atom. The molecule has 0 heterocycles. The van der Waals surface area contributed by atoms with Crippen LogP contribution in [-0.4, -0.2) is 14.2 Å². The Balaban J connectivity index is 2.24. The number of thioether (sulfide) groups is 1. The number of hydrogen-bond donors (Lipinski definition) is 1. The van der Waals surface area contributed by atoms with E-state index in [9.17, 15) is 0 Å². The summed E-state index contributed by atoms with van der Waals surface area (Å²) < 4.78 is 11.7. The molecule has 0 aliphatic rings. The van der Waals surface area contributed by atoms with Gasteiger partial charge in [-0.05, 0) is 52.7 Å². The van der Waals surface area contributed by atoms with E-state index in [1.54, 1.807) is 26.0 Å². The maximum atomic E-state index is 5.85. The zero-order chi connectivity index (χ0) is 15.4. The predicted molar refractivity (Wildman–Crippen MR) is 92.4 cm³/mol. The molecule has 0 aliphatic heterocycles. The van der Waals surface area contributed by atoms with E-state index in [1.807, 2.05) is 30.3 Å². The molecule has 0 fully saturated rings. The van der Waals surface area contributed by atoms with Gasteiger partial charge in [0.2, 0.25) is 0 Å². The molecule has 2 aromatic rings. The summed E-state index contributed by atoms with van der Waals surface area (Å²) in [6.45, 7) is 2.08. The first-order valence-electron chi connectivity index (χ1n) is 6.44. The topological polar surface area (TPSA) is 44.5 Å². The van der Waals surface area contributed by atoms with Crippen LogP contribution in [0.5, 0.6) is 11.5 Å². The Labute approximate surface area is 138 Å². The molecule has 2 rings (SSSR count). The normalized spacial score (nSPS) is 10.5. The zero-order valence-electron chi connectivity index (χ0n) is 12.3. The van der Waals surface area contributed by atoms with Crippen LogP contribution in [0.2, 0.25) is 0 Å². The van der Waals surface area contributed by atoms with Gasteiger partial charge in [0, 0.05) is 21.9 Å². The van der Waals surface area contributed by atoms with Crippen molar-refractivity contribution in [3.63, 3.8) is 0 Å². The second kappa shape index (κ2) is 7.09. The van der Waals surface area contributed by atoms with E-state index < -0.39 is 0 Å². The van der Waals surface area contributed by atoms with Crippen LogP contribution >= 0.6 is 27.7 Å². The minimum Gasteiger partial charge on any atom is -0.496 e. The molecule has 2 aromatic carbocycles. The van der Waals surface area contributed by atoms with Crippen molar-refractivity contribution in [2.24, 2.45) is 0 Å². The summed E-state index contributed by atoms with van der Waals surface area (Å²) in [6.07, 6.45) is 0. The van der Waals surface area contributed by atoms with Crippen LogP contribution in [-0.2, 0) is 5.75 Å². The predicted octanol–water partition coefficient (Wildman–Crippen LogP) is 4.65. The summed E-state index contributed by atoms with van der Waals surface area (Å²) in [6, 6.07) is 9.89. The molecular weight excluding hydrogens is 350 g/mol. The molecule has 3 nitrogen and oxygen atoms in total. The SMILES string of the molecule is COc1cc(CSc2cc(N)ccc2C)c(OC)cc1Br. The maximum absolute atomic E-state index is 5.85. The smallest absolute Gasteiger partial charge is 0.133 e. The van der Waals surface area contributed by atoms with Gasteiger partial charge in [-0.3, -0.25) is 0 Å². The van der Waals surface area contributed by atoms with Crippen LogP contribution < -0.4 is 15.2 Å². The van der Waals surface area contributed by atoms with Gasteiger partial charge in [-0.25, -0.2) is 0 Å². The van der Waals surface area contributed by atoms with Gasteiger partial charge in [0.25, 0.3) is 0 Å². The number of nitrogens with two attached hydrogens (primary N) is 1. The molecule has 21 heavy (non-hydrogen) atoms. The van der Waals surface area contributed by atoms with Gasteiger partial charge in [0.1, 0.15) is 11.5 Å². The highest BCUT2D eigenvalue weighted by Crippen LogP contribution is 2.36. The highest BCUT2D eigenvalue weighted by molar-refractivity contribution is 9.10. The van der Waals surface area contributed by atoms with Crippen LogP contribution in [0.1, 0.15) is 11.1 Å². The van der Waals surface area contributed by atoms with Gasteiger partial charge in [0.15, 0.2) is 0 Å². The third kappa shape index (κ3) is 3.86. The van der Waals surface area contributed by atoms with Gasteiger partial charge in [-0.2, -0.15) is 0 Å². The van der Waals surface area contributed by atoms with Crippen molar-refractivity contribution in [1.29, 1.82) is 0 Å². The lowest BCUT2D eigenvalue weighted by Gasteiger charge is -2.13. The fourth-order valence-corrected chi connectivity index (χ4v) is 3.50. The molecule has 0 spiro atoms. The molecule has 0 atom stereocenters. The molecule has 2 N–H and O–H groups in total. The Hall–Kier alpha value is -1.33. The van der Waals surface area contributed by atoms with Crippen LogP contribution in [0.4, 0.5) is 5.69 Å². The molecule has 0 saturated heterocycles. The minimum absolute atomic E-state index is 0.781. The van der Waals surface area contributed by atoms with E-state index in [0.29, 0.717) is 0 Å². The lowest BCUT2D eigenvalue weighted by atomic mass is 10.2. The van der Waals surface area contributed by atoms with Crippen LogP contribution in [0.3, 0.4) is 0 Å². The molecule has 5 heteroatoms. The average molecular weight is 368 g/mol. The van der Waals surface area contributed by atoms with E-state index in [2.05, 4.69) is 22.9 Å². The summed E-state index contributed by atoms with van der Waals surface area (Å²) in [5.74, 6) is 2.43. The number of anilines is 1. The van der Waals surface area contributed by atoms with E-state index in [-0.39, 0.29) is 0 Å². The Morgan fingerprint density at radius 2 is 1.81 bits per heavy atom. The number of halogens is 1. The van der Waals surface area contributed by atoms with E-state index in [1.165, 1.54) is 10.5 Å². The molecule has 0 amide bonds. The number of nitrogen functional groups attached to an aromatic ring is 1. The van der Waals surface area contributed by atoms with Gasteiger partial charge in [-0.1, -0.05) is 6.07 Å². The second-order valence-electron chi connectivity index (χ2n) is 4.61. The Bertz CT molecular complexity index is 646. The fraction of sp³-hybridized carbons (Fsp3) is 0.250. The van der Waals surface area contributed by atoms with Crippen molar-refractivity contribution in [3.05, 3.63) is 45.9 Å². The summed E-state index contributed by atoms with van der Waals surface area (Å²) in [5, 5.41) is 0. The van der Waals surface area contributed by atoms with E-state index in [4.69, 9.17) is 15.2 Å². The standard InChI is InChI=1S/C16H18BrNO2S/c1-10-4-5-12(18)7-16(10)21-9-11-6-15(20-3)13(17)8-14(11)19-2/h4-8H,9,18H2,1-3H3.